The molecule has 1 aliphatic heterocycles. The summed E-state index contributed by atoms with van der Waals surface area (Å²) in [6.45, 7) is 0. The molecule has 152 valence electrons. The first kappa shape index (κ1) is 20.9. The second kappa shape index (κ2) is 8.68. The normalized spacial score (nSPS) is 15.0. The van der Waals surface area contributed by atoms with Gasteiger partial charge in [0, 0.05) is 42.0 Å². The van der Waals surface area contributed by atoms with Gasteiger partial charge in [-0.15, -0.1) is 0 Å². The Morgan fingerprint density at radius 2 is 1.33 bits per heavy atom. The van der Waals surface area contributed by atoms with Gasteiger partial charge in [-0.2, -0.15) is 0 Å². The fourth-order valence-corrected chi connectivity index (χ4v) is 2.90. The molecule has 30 heavy (non-hydrogen) atoms. The number of amidine groups is 1. The Morgan fingerprint density at radius 3 is 1.87 bits per heavy atom. The molecule has 0 saturated heterocycles. The quantitative estimate of drug-likeness (QED) is 0.377. The molecule has 3 aromatic carbocycles. The Bertz CT molecular complexity index is 1090. The molecule has 10 nitrogen and oxygen atoms in total. The van der Waals surface area contributed by atoms with E-state index in [0.717, 1.165) is 5.56 Å². The lowest BCUT2D eigenvalue weighted by molar-refractivity contribution is -0.846. The van der Waals surface area contributed by atoms with E-state index in [1.54, 1.807) is 29.4 Å². The minimum absolute atomic E-state index is 0. The Labute approximate surface area is 181 Å². The van der Waals surface area contributed by atoms with Crippen molar-refractivity contribution in [1.29, 1.82) is 0 Å². The van der Waals surface area contributed by atoms with Gasteiger partial charge in [-0.1, -0.05) is 40.6 Å². The summed E-state index contributed by atoms with van der Waals surface area (Å²) < 4.78 is 0. The minimum Gasteiger partial charge on any atom is -1.00 e. The van der Waals surface area contributed by atoms with Crippen molar-refractivity contribution in [3.05, 3.63) is 105 Å². The van der Waals surface area contributed by atoms with E-state index >= 15 is 0 Å². The number of nitrogens with one attached hydrogen (secondary N) is 2. The zero-order valence-electron chi connectivity index (χ0n) is 15.3. The van der Waals surface area contributed by atoms with Crippen molar-refractivity contribution < 1.29 is 31.9 Å². The van der Waals surface area contributed by atoms with Crippen molar-refractivity contribution in [3.63, 3.8) is 0 Å². The molecule has 0 amide bonds. The van der Waals surface area contributed by atoms with Gasteiger partial charge in [-0.3, -0.25) is 20.2 Å². The summed E-state index contributed by atoms with van der Waals surface area (Å²) in [7, 11) is 0. The van der Waals surface area contributed by atoms with Gasteiger partial charge in [-0.25, -0.2) is 5.43 Å². The molecule has 1 aliphatic rings. The van der Waals surface area contributed by atoms with Gasteiger partial charge >= 0.3 is 0 Å². The fraction of sp³-hybridized carbons (Fsp3) is 0. The number of halogens is 1. The molecule has 0 spiro atoms. The maximum absolute atomic E-state index is 10.9. The second-order valence-electron chi connectivity index (χ2n) is 6.17. The molecule has 11 heteroatoms. The SMILES string of the molecule is O=[N+]([O-])c1ccc(N2NC(c3ccccc3)=N[NH+]2c2ccc([N+](=O)[O-])cc2)cc1.[Br-]. The maximum Gasteiger partial charge on any atom is 0.269 e. The largest absolute Gasteiger partial charge is 1.00 e. The van der Waals surface area contributed by atoms with Crippen molar-refractivity contribution in [2.75, 3.05) is 5.12 Å². The summed E-state index contributed by atoms with van der Waals surface area (Å²) in [5.74, 6) is 0.595. The summed E-state index contributed by atoms with van der Waals surface area (Å²) in [6, 6.07) is 21.6. The molecule has 0 radical (unpaired) electrons. The van der Waals surface area contributed by atoms with Crippen LogP contribution in [0.25, 0.3) is 0 Å². The molecule has 1 atom stereocenters. The highest BCUT2D eigenvalue weighted by Crippen LogP contribution is 2.20. The van der Waals surface area contributed by atoms with E-state index in [9.17, 15) is 20.2 Å². The highest BCUT2D eigenvalue weighted by molar-refractivity contribution is 5.99. The van der Waals surface area contributed by atoms with E-state index in [4.69, 9.17) is 0 Å². The number of hydrogen-bond donors (Lipinski definition) is 2. The number of hydrogen-bond acceptors (Lipinski definition) is 7. The third-order valence-electron chi connectivity index (χ3n) is 4.35. The highest BCUT2D eigenvalue weighted by atomic mass is 79.9. The lowest BCUT2D eigenvalue weighted by Gasteiger charge is -2.21. The van der Waals surface area contributed by atoms with Crippen LogP contribution < -0.4 is 32.6 Å². The first-order valence-corrected chi connectivity index (χ1v) is 8.60. The topological polar surface area (TPSA) is 118 Å². The van der Waals surface area contributed by atoms with Gasteiger partial charge in [0.15, 0.2) is 5.69 Å². The molecule has 1 heterocycles. The number of benzene rings is 3. The first-order chi connectivity index (χ1) is 14.0. The van der Waals surface area contributed by atoms with Crippen LogP contribution in [-0.4, -0.2) is 15.7 Å². The maximum atomic E-state index is 10.9. The van der Waals surface area contributed by atoms with E-state index in [1.807, 2.05) is 30.3 Å². The molecule has 2 N–H and O–H groups in total. The number of nitrogens with zero attached hydrogens (tertiary/aromatic N) is 4. The lowest BCUT2D eigenvalue weighted by atomic mass is 10.2. The highest BCUT2D eigenvalue weighted by Gasteiger charge is 2.32. The van der Waals surface area contributed by atoms with E-state index in [2.05, 4.69) is 10.5 Å². The van der Waals surface area contributed by atoms with Crippen LogP contribution in [0.5, 0.6) is 0 Å². The van der Waals surface area contributed by atoms with Crippen molar-refractivity contribution in [2.45, 2.75) is 0 Å². The lowest BCUT2D eigenvalue weighted by Crippen LogP contribution is -3.10. The summed E-state index contributed by atoms with van der Waals surface area (Å²) in [5.41, 5.74) is 5.32. The van der Waals surface area contributed by atoms with Crippen molar-refractivity contribution in [3.8, 4) is 0 Å². The zero-order valence-corrected chi connectivity index (χ0v) is 16.9. The average Bonchev–Trinajstić information content (AvgIpc) is 3.20. The number of nitro benzene ring substituents is 2. The van der Waals surface area contributed by atoms with Gasteiger partial charge in [0.1, 0.15) is 5.69 Å². The van der Waals surface area contributed by atoms with Crippen molar-refractivity contribution in [2.24, 2.45) is 5.10 Å². The standard InChI is InChI=1S/C19H14N6O4.BrH/c26-24(27)17-10-6-15(7-11-17)22-20-19(14-4-2-1-3-5-14)21-23(22)16-8-12-18(13-9-16)25(28)29;/h1-13H,(H,20,21);1H. The van der Waals surface area contributed by atoms with Gasteiger partial charge in [-0.05, 0) is 17.2 Å². The van der Waals surface area contributed by atoms with Crippen LogP contribution in [0, 0.1) is 20.2 Å². The van der Waals surface area contributed by atoms with Crippen LogP contribution in [-0.2, 0) is 0 Å². The number of anilines is 1. The minimum atomic E-state index is -0.464. The van der Waals surface area contributed by atoms with Gasteiger partial charge in [0.05, 0.1) is 9.85 Å². The van der Waals surface area contributed by atoms with E-state index < -0.39 is 9.85 Å². The molecule has 3 aromatic rings. The number of nitro groups is 2. The molecule has 4 rings (SSSR count). The molecular weight excluding hydrogens is 456 g/mol. The molecule has 0 bridgehead atoms. The second-order valence-corrected chi connectivity index (χ2v) is 6.17. The van der Waals surface area contributed by atoms with Crippen LogP contribution in [0.3, 0.4) is 0 Å². The van der Waals surface area contributed by atoms with E-state index in [1.165, 1.54) is 24.3 Å². The van der Waals surface area contributed by atoms with E-state index in [0.29, 0.717) is 22.3 Å². The molecule has 0 aromatic heterocycles. The molecule has 0 aliphatic carbocycles. The third-order valence-corrected chi connectivity index (χ3v) is 4.35. The van der Waals surface area contributed by atoms with E-state index in [-0.39, 0.29) is 28.4 Å². The predicted molar refractivity (Wildman–Crippen MR) is 105 cm³/mol. The predicted octanol–water partition coefficient (Wildman–Crippen LogP) is -0.675. The van der Waals surface area contributed by atoms with Gasteiger partial charge in [0.2, 0.25) is 5.84 Å². The Kier molecular flexibility index (Phi) is 6.04. The third kappa shape index (κ3) is 4.11. The van der Waals surface area contributed by atoms with Crippen LogP contribution in [0.2, 0.25) is 0 Å². The van der Waals surface area contributed by atoms with Crippen LogP contribution in [0.15, 0.2) is 84.0 Å². The molecule has 0 saturated carbocycles. The fourth-order valence-electron chi connectivity index (χ4n) is 2.90. The summed E-state index contributed by atoms with van der Waals surface area (Å²) in [5, 5.41) is 28.7. The number of hydrazine groups is 1. The molecule has 1 unspecified atom stereocenters. The number of quaternary nitrogens is 1. The smallest absolute Gasteiger partial charge is 0.269 e. The van der Waals surface area contributed by atoms with Crippen molar-refractivity contribution >= 4 is 28.6 Å². The summed E-state index contributed by atoms with van der Waals surface area (Å²) in [6.07, 6.45) is 0. The Hall–Kier alpha value is -3.83. The van der Waals surface area contributed by atoms with Gasteiger partial charge < -0.3 is 17.0 Å². The first-order valence-electron chi connectivity index (χ1n) is 8.60. The number of non-ortho nitro benzene ring substituents is 2. The summed E-state index contributed by atoms with van der Waals surface area (Å²) in [4.78, 5) is 20.9. The molecular formula is C19H15BrN6O4. The van der Waals surface area contributed by atoms with Crippen LogP contribution in [0.1, 0.15) is 5.56 Å². The van der Waals surface area contributed by atoms with Crippen LogP contribution in [0.4, 0.5) is 22.7 Å². The average molecular weight is 471 g/mol. The number of rotatable bonds is 5. The molecule has 0 fully saturated rings. The van der Waals surface area contributed by atoms with Crippen molar-refractivity contribution in [1.82, 2.24) is 5.43 Å². The van der Waals surface area contributed by atoms with Crippen LogP contribution >= 0.6 is 0 Å². The van der Waals surface area contributed by atoms with Gasteiger partial charge in [0.25, 0.3) is 11.4 Å². The Morgan fingerprint density at radius 1 is 0.800 bits per heavy atom. The summed E-state index contributed by atoms with van der Waals surface area (Å²) >= 11 is 0. The zero-order chi connectivity index (χ0) is 20.4. The Balaban J connectivity index is 0.00000256. The monoisotopic (exact) mass is 470 g/mol.